The normalized spacial score (nSPS) is 19.4. The van der Waals surface area contributed by atoms with E-state index >= 15 is 0 Å². The van der Waals surface area contributed by atoms with Crippen molar-refractivity contribution in [3.63, 3.8) is 0 Å². The number of nitrogens with zero attached hydrogens (tertiary/aromatic N) is 2. The molecule has 3 nitrogen and oxygen atoms in total. The summed E-state index contributed by atoms with van der Waals surface area (Å²) < 4.78 is 0. The van der Waals surface area contributed by atoms with E-state index in [1.165, 1.54) is 25.9 Å². The predicted molar refractivity (Wildman–Crippen MR) is 38.4 cm³/mol. The van der Waals surface area contributed by atoms with E-state index in [0.29, 0.717) is 0 Å². The lowest BCUT2D eigenvalue weighted by atomic mass is 10.4. The van der Waals surface area contributed by atoms with Crippen molar-refractivity contribution < 1.29 is 0 Å². The van der Waals surface area contributed by atoms with Crippen LogP contribution in [0.4, 0.5) is 0 Å². The van der Waals surface area contributed by atoms with Crippen LogP contribution in [-0.4, -0.2) is 31.4 Å². The van der Waals surface area contributed by atoms with E-state index in [1.54, 1.807) is 0 Å². The Hall–Kier alpha value is -0.730. The van der Waals surface area contributed by atoms with Crippen molar-refractivity contribution in [3.05, 3.63) is 0 Å². The largest absolute Gasteiger partial charge is 0.361 e. The Bertz CT molecular complexity index is 94.5. The highest BCUT2D eigenvalue weighted by Crippen LogP contribution is 2.03. The van der Waals surface area contributed by atoms with Crippen LogP contribution >= 0.6 is 0 Å². The molecule has 9 heavy (non-hydrogen) atoms. The van der Waals surface area contributed by atoms with Gasteiger partial charge in [0.1, 0.15) is 6.34 Å². The minimum atomic E-state index is 1.17. The molecule has 0 aliphatic carbocycles. The third kappa shape index (κ3) is 1.91. The fourth-order valence-corrected chi connectivity index (χ4v) is 0.996. The first-order valence-corrected chi connectivity index (χ1v) is 3.37. The second-order valence-corrected chi connectivity index (χ2v) is 2.21. The number of hydrogen-bond acceptors (Lipinski definition) is 2. The molecule has 0 bridgehead atoms. The molecule has 1 aliphatic heterocycles. The van der Waals surface area contributed by atoms with Crippen molar-refractivity contribution in [1.29, 1.82) is 0 Å². The van der Waals surface area contributed by atoms with E-state index in [1.807, 2.05) is 13.4 Å². The highest BCUT2D eigenvalue weighted by molar-refractivity contribution is 5.54. The number of nitrogens with one attached hydrogen (secondary N) is 1. The lowest BCUT2D eigenvalue weighted by molar-refractivity contribution is 0.530. The van der Waals surface area contributed by atoms with Crippen molar-refractivity contribution in [2.45, 2.75) is 12.8 Å². The van der Waals surface area contributed by atoms with Crippen LogP contribution in [0, 0.1) is 0 Å². The van der Waals surface area contributed by atoms with Crippen LogP contribution in [0.25, 0.3) is 0 Å². The van der Waals surface area contributed by atoms with Gasteiger partial charge in [-0.25, -0.2) is 0 Å². The monoisotopic (exact) mass is 127 g/mol. The summed E-state index contributed by atoms with van der Waals surface area (Å²) in [4.78, 5) is 2.22. The van der Waals surface area contributed by atoms with E-state index in [4.69, 9.17) is 0 Å². The van der Waals surface area contributed by atoms with Gasteiger partial charge in [-0.15, -0.1) is 0 Å². The summed E-state index contributed by atoms with van der Waals surface area (Å²) in [6.07, 6.45) is 4.50. The van der Waals surface area contributed by atoms with Gasteiger partial charge in [0.15, 0.2) is 0 Å². The second kappa shape index (κ2) is 3.33. The molecule has 0 aromatic heterocycles. The highest BCUT2D eigenvalue weighted by Gasteiger charge is 2.05. The molecule has 0 atom stereocenters. The average Bonchev–Trinajstić information content (AvgIpc) is 2.34. The lowest BCUT2D eigenvalue weighted by Gasteiger charge is -2.07. The highest BCUT2D eigenvalue weighted by atomic mass is 15.3. The molecule has 0 unspecified atom stereocenters. The summed E-state index contributed by atoms with van der Waals surface area (Å²) in [6.45, 7) is 2.34. The van der Waals surface area contributed by atoms with E-state index in [0.717, 1.165) is 0 Å². The number of likely N-dealkylation sites (tertiary alicyclic amines) is 1. The lowest BCUT2D eigenvalue weighted by Crippen LogP contribution is -2.17. The van der Waals surface area contributed by atoms with Crippen molar-refractivity contribution in [3.8, 4) is 0 Å². The molecule has 1 saturated heterocycles. The smallest absolute Gasteiger partial charge is 0.111 e. The molecule has 1 N–H and O–H groups in total. The molecule has 3 heteroatoms. The van der Waals surface area contributed by atoms with E-state index in [9.17, 15) is 0 Å². The minimum Gasteiger partial charge on any atom is -0.361 e. The molecule has 0 aromatic rings. The van der Waals surface area contributed by atoms with Crippen LogP contribution in [0.2, 0.25) is 0 Å². The number of hydrogen-bond donors (Lipinski definition) is 1. The molecule has 1 rings (SSSR count). The van der Waals surface area contributed by atoms with Crippen LogP contribution in [0.3, 0.4) is 0 Å². The molecule has 1 aliphatic rings. The van der Waals surface area contributed by atoms with Crippen LogP contribution in [0.15, 0.2) is 5.10 Å². The summed E-state index contributed by atoms with van der Waals surface area (Å²) >= 11 is 0. The topological polar surface area (TPSA) is 27.6 Å². The molecular weight excluding hydrogens is 114 g/mol. The number of rotatable bonds is 2. The van der Waals surface area contributed by atoms with Gasteiger partial charge in [-0.2, -0.15) is 5.10 Å². The molecule has 0 radical (unpaired) electrons. The van der Waals surface area contributed by atoms with Gasteiger partial charge < -0.3 is 10.3 Å². The van der Waals surface area contributed by atoms with Gasteiger partial charge in [0.2, 0.25) is 0 Å². The zero-order valence-corrected chi connectivity index (χ0v) is 5.80. The Labute approximate surface area is 55.7 Å². The molecule has 1 heterocycles. The maximum Gasteiger partial charge on any atom is 0.111 e. The Morgan fingerprint density at radius 1 is 1.44 bits per heavy atom. The standard InChI is InChI=1S/C6H13N3/c1-7-8-6-9-4-2-3-5-9/h6-7H,2-5H2,1H3/b8-6+. The summed E-state index contributed by atoms with van der Waals surface area (Å²) in [6, 6.07) is 0. The average molecular weight is 127 g/mol. The zero-order valence-electron chi connectivity index (χ0n) is 5.80. The molecule has 0 spiro atoms. The quantitative estimate of drug-likeness (QED) is 0.327. The van der Waals surface area contributed by atoms with Gasteiger partial charge in [-0.05, 0) is 12.8 Å². The third-order valence-corrected chi connectivity index (χ3v) is 1.49. The zero-order chi connectivity index (χ0) is 6.53. The number of hydrazone groups is 1. The second-order valence-electron chi connectivity index (χ2n) is 2.21. The van der Waals surface area contributed by atoms with Crippen LogP contribution in [0.5, 0.6) is 0 Å². The van der Waals surface area contributed by atoms with E-state index < -0.39 is 0 Å². The summed E-state index contributed by atoms with van der Waals surface area (Å²) in [5.74, 6) is 0. The van der Waals surface area contributed by atoms with Gasteiger partial charge in [0.05, 0.1) is 0 Å². The molecule has 1 fully saturated rings. The predicted octanol–water partition coefficient (Wildman–Crippen LogP) is 0.245. The Morgan fingerprint density at radius 3 is 2.67 bits per heavy atom. The fraction of sp³-hybridized carbons (Fsp3) is 0.833. The first kappa shape index (κ1) is 6.39. The molecule has 0 saturated carbocycles. The van der Waals surface area contributed by atoms with Gasteiger partial charge in [-0.1, -0.05) is 0 Å². The molecule has 52 valence electrons. The van der Waals surface area contributed by atoms with Gasteiger partial charge >= 0.3 is 0 Å². The van der Waals surface area contributed by atoms with E-state index in [2.05, 4.69) is 15.4 Å². The van der Waals surface area contributed by atoms with Crippen molar-refractivity contribution in [2.75, 3.05) is 20.1 Å². The maximum atomic E-state index is 3.90. The van der Waals surface area contributed by atoms with Crippen molar-refractivity contribution in [1.82, 2.24) is 10.3 Å². The Balaban J connectivity index is 2.18. The van der Waals surface area contributed by atoms with Gasteiger partial charge in [-0.3, -0.25) is 0 Å². The third-order valence-electron chi connectivity index (χ3n) is 1.49. The summed E-state index contributed by atoms with van der Waals surface area (Å²) in [5, 5.41) is 3.90. The Kier molecular flexibility index (Phi) is 2.36. The minimum absolute atomic E-state index is 1.17. The first-order valence-electron chi connectivity index (χ1n) is 3.37. The van der Waals surface area contributed by atoms with Crippen molar-refractivity contribution in [2.24, 2.45) is 5.10 Å². The summed E-state index contributed by atoms with van der Waals surface area (Å²) in [5.41, 5.74) is 2.72. The van der Waals surface area contributed by atoms with Gasteiger partial charge in [0, 0.05) is 20.1 Å². The van der Waals surface area contributed by atoms with Gasteiger partial charge in [0.25, 0.3) is 0 Å². The van der Waals surface area contributed by atoms with Crippen LogP contribution < -0.4 is 5.43 Å². The molecular formula is C6H13N3. The van der Waals surface area contributed by atoms with Crippen LogP contribution in [-0.2, 0) is 0 Å². The van der Waals surface area contributed by atoms with E-state index in [-0.39, 0.29) is 0 Å². The van der Waals surface area contributed by atoms with Crippen LogP contribution in [0.1, 0.15) is 12.8 Å². The fourth-order valence-electron chi connectivity index (χ4n) is 0.996. The Morgan fingerprint density at radius 2 is 2.11 bits per heavy atom. The SMILES string of the molecule is CN/N=C/N1CCCC1. The first-order chi connectivity index (χ1) is 4.43. The van der Waals surface area contributed by atoms with Crippen molar-refractivity contribution >= 4 is 6.34 Å². The maximum absolute atomic E-state index is 3.90. The molecule has 0 aromatic carbocycles. The summed E-state index contributed by atoms with van der Waals surface area (Å²) in [7, 11) is 1.81. The molecule has 0 amide bonds.